The quantitative estimate of drug-likeness (QED) is 0.863. The van der Waals surface area contributed by atoms with Gasteiger partial charge in [-0.15, -0.1) is 0 Å². The van der Waals surface area contributed by atoms with Gasteiger partial charge in [0, 0.05) is 37.2 Å². The van der Waals surface area contributed by atoms with Gasteiger partial charge in [-0.1, -0.05) is 0 Å². The number of hydrogen-bond acceptors (Lipinski definition) is 5. The van der Waals surface area contributed by atoms with Crippen molar-refractivity contribution < 1.29 is 13.5 Å². The average Bonchev–Trinajstić information content (AvgIpc) is 2.89. The Kier molecular flexibility index (Phi) is 4.69. The molecule has 0 unspecified atom stereocenters. The van der Waals surface area contributed by atoms with Gasteiger partial charge in [0.2, 0.25) is 5.89 Å². The molecule has 1 saturated heterocycles. The summed E-state index contributed by atoms with van der Waals surface area (Å²) in [4.78, 5) is 6.85. The molecule has 3 rings (SSSR count). The van der Waals surface area contributed by atoms with Crippen molar-refractivity contribution in [3.8, 4) is 17.2 Å². The van der Waals surface area contributed by atoms with Gasteiger partial charge in [-0.25, -0.2) is 9.37 Å². The van der Waals surface area contributed by atoms with Crippen molar-refractivity contribution in [2.75, 3.05) is 31.7 Å². The van der Waals surface area contributed by atoms with Gasteiger partial charge < -0.3 is 9.15 Å². The third-order valence-corrected chi connectivity index (χ3v) is 4.72. The molecule has 118 valence electrons. The molecular formula is C16H19FN2O2S. The summed E-state index contributed by atoms with van der Waals surface area (Å²) in [5.74, 6) is 3.48. The van der Waals surface area contributed by atoms with Gasteiger partial charge in [0.15, 0.2) is 0 Å². The first-order chi connectivity index (χ1) is 10.7. The molecule has 0 atom stereocenters. The van der Waals surface area contributed by atoms with Crippen LogP contribution in [0.3, 0.4) is 0 Å². The average molecular weight is 322 g/mol. The molecule has 0 aliphatic carbocycles. The van der Waals surface area contributed by atoms with Crippen molar-refractivity contribution >= 4 is 11.8 Å². The zero-order valence-electron chi connectivity index (χ0n) is 12.8. The number of rotatable bonds is 4. The van der Waals surface area contributed by atoms with E-state index in [1.165, 1.54) is 13.2 Å². The first kappa shape index (κ1) is 15.4. The predicted molar refractivity (Wildman–Crippen MR) is 85.8 cm³/mol. The van der Waals surface area contributed by atoms with Crippen molar-refractivity contribution in [3.63, 3.8) is 0 Å². The molecule has 6 heteroatoms. The molecule has 0 N–H and O–H groups in total. The first-order valence-corrected chi connectivity index (χ1v) is 8.43. The molecule has 0 spiro atoms. The molecule has 0 radical (unpaired) electrons. The maximum Gasteiger partial charge on any atom is 0.229 e. The van der Waals surface area contributed by atoms with Crippen LogP contribution in [-0.4, -0.2) is 41.6 Å². The van der Waals surface area contributed by atoms with Crippen LogP contribution in [0.5, 0.6) is 5.75 Å². The molecule has 0 amide bonds. The molecule has 2 heterocycles. The highest BCUT2D eigenvalue weighted by Gasteiger charge is 2.18. The Morgan fingerprint density at radius 2 is 2.14 bits per heavy atom. The Bertz CT molecular complexity index is 654. The fourth-order valence-electron chi connectivity index (χ4n) is 2.46. The van der Waals surface area contributed by atoms with Gasteiger partial charge in [0.25, 0.3) is 0 Å². The number of methoxy groups -OCH3 is 1. The SMILES string of the molecule is COc1ccc(-c2nc(CN3CCSCC3)c(C)o2)c(F)c1. The molecule has 2 aromatic rings. The molecule has 1 aliphatic heterocycles. The van der Waals surface area contributed by atoms with Crippen molar-refractivity contribution in [1.29, 1.82) is 0 Å². The monoisotopic (exact) mass is 322 g/mol. The van der Waals surface area contributed by atoms with Crippen molar-refractivity contribution in [2.45, 2.75) is 13.5 Å². The molecule has 4 nitrogen and oxygen atoms in total. The van der Waals surface area contributed by atoms with E-state index in [0.717, 1.165) is 42.6 Å². The third kappa shape index (κ3) is 3.28. The Hall–Kier alpha value is -1.53. The van der Waals surface area contributed by atoms with Crippen molar-refractivity contribution in [1.82, 2.24) is 9.88 Å². The van der Waals surface area contributed by atoms with Crippen LogP contribution in [0.25, 0.3) is 11.5 Å². The molecule has 0 saturated carbocycles. The van der Waals surface area contributed by atoms with Gasteiger partial charge in [0.05, 0.1) is 18.4 Å². The number of benzene rings is 1. The number of halogens is 1. The van der Waals surface area contributed by atoms with E-state index in [1.54, 1.807) is 12.1 Å². The van der Waals surface area contributed by atoms with E-state index >= 15 is 0 Å². The highest BCUT2D eigenvalue weighted by molar-refractivity contribution is 7.99. The van der Waals surface area contributed by atoms with Crippen LogP contribution in [-0.2, 0) is 6.54 Å². The van der Waals surface area contributed by atoms with E-state index in [4.69, 9.17) is 9.15 Å². The number of ether oxygens (including phenoxy) is 1. The highest BCUT2D eigenvalue weighted by atomic mass is 32.2. The minimum Gasteiger partial charge on any atom is -0.497 e. The summed E-state index contributed by atoms with van der Waals surface area (Å²) >= 11 is 1.97. The third-order valence-electron chi connectivity index (χ3n) is 3.78. The van der Waals surface area contributed by atoms with Gasteiger partial charge in [-0.3, -0.25) is 4.90 Å². The van der Waals surface area contributed by atoms with E-state index in [2.05, 4.69) is 9.88 Å². The number of hydrogen-bond donors (Lipinski definition) is 0. The first-order valence-electron chi connectivity index (χ1n) is 7.27. The predicted octanol–water partition coefficient (Wildman–Crippen LogP) is 3.35. The van der Waals surface area contributed by atoms with Crippen LogP contribution < -0.4 is 4.74 Å². The normalized spacial score (nSPS) is 16.0. The van der Waals surface area contributed by atoms with Crippen LogP contribution in [0.4, 0.5) is 4.39 Å². The molecule has 1 fully saturated rings. The van der Waals surface area contributed by atoms with E-state index < -0.39 is 0 Å². The summed E-state index contributed by atoms with van der Waals surface area (Å²) < 4.78 is 24.8. The van der Waals surface area contributed by atoms with Crippen LogP contribution in [0.1, 0.15) is 11.5 Å². The number of aromatic nitrogens is 1. The van der Waals surface area contributed by atoms with E-state index in [0.29, 0.717) is 17.2 Å². The molecular weight excluding hydrogens is 303 g/mol. The number of thioether (sulfide) groups is 1. The van der Waals surface area contributed by atoms with Gasteiger partial charge in [-0.2, -0.15) is 11.8 Å². The van der Waals surface area contributed by atoms with Gasteiger partial charge in [0.1, 0.15) is 17.3 Å². The van der Waals surface area contributed by atoms with Crippen LogP contribution in [0, 0.1) is 12.7 Å². The fourth-order valence-corrected chi connectivity index (χ4v) is 3.44. The highest BCUT2D eigenvalue weighted by Crippen LogP contribution is 2.28. The van der Waals surface area contributed by atoms with Crippen LogP contribution in [0.2, 0.25) is 0 Å². The lowest BCUT2D eigenvalue weighted by Crippen LogP contribution is -2.32. The summed E-state index contributed by atoms with van der Waals surface area (Å²) in [5, 5.41) is 0. The lowest BCUT2D eigenvalue weighted by molar-refractivity contribution is 0.289. The maximum absolute atomic E-state index is 14.1. The number of oxazole rings is 1. The molecule has 1 aliphatic rings. The Labute approximate surface area is 133 Å². The Balaban J connectivity index is 1.82. The minimum atomic E-state index is -0.387. The van der Waals surface area contributed by atoms with Crippen molar-refractivity contribution in [2.24, 2.45) is 0 Å². The topological polar surface area (TPSA) is 38.5 Å². The van der Waals surface area contributed by atoms with E-state index in [-0.39, 0.29) is 5.82 Å². The zero-order valence-corrected chi connectivity index (χ0v) is 13.6. The Morgan fingerprint density at radius 1 is 1.36 bits per heavy atom. The summed E-state index contributed by atoms with van der Waals surface area (Å²) in [7, 11) is 1.51. The van der Waals surface area contributed by atoms with Crippen LogP contribution in [0.15, 0.2) is 22.6 Å². The summed E-state index contributed by atoms with van der Waals surface area (Å²) in [6, 6.07) is 4.69. The van der Waals surface area contributed by atoms with Crippen LogP contribution >= 0.6 is 11.8 Å². The van der Waals surface area contributed by atoms with Gasteiger partial charge in [-0.05, 0) is 19.1 Å². The Morgan fingerprint density at radius 3 is 2.82 bits per heavy atom. The minimum absolute atomic E-state index is 0.332. The zero-order chi connectivity index (χ0) is 15.5. The second kappa shape index (κ2) is 6.71. The smallest absolute Gasteiger partial charge is 0.229 e. The van der Waals surface area contributed by atoms with E-state index in [9.17, 15) is 4.39 Å². The van der Waals surface area contributed by atoms with Crippen molar-refractivity contribution in [3.05, 3.63) is 35.5 Å². The number of aryl methyl sites for hydroxylation is 1. The molecule has 1 aromatic carbocycles. The summed E-state index contributed by atoms with van der Waals surface area (Å²) in [6.07, 6.45) is 0. The number of nitrogens with zero attached hydrogens (tertiary/aromatic N) is 2. The summed E-state index contributed by atoms with van der Waals surface area (Å²) in [6.45, 7) is 4.76. The molecule has 0 bridgehead atoms. The molecule has 1 aromatic heterocycles. The largest absolute Gasteiger partial charge is 0.497 e. The van der Waals surface area contributed by atoms with Gasteiger partial charge >= 0.3 is 0 Å². The second-order valence-electron chi connectivity index (χ2n) is 5.26. The lowest BCUT2D eigenvalue weighted by Gasteiger charge is -2.25. The standard InChI is InChI=1S/C16H19FN2O2S/c1-11-15(10-19-5-7-22-8-6-19)18-16(21-11)13-4-3-12(20-2)9-14(13)17/h3-4,9H,5-8,10H2,1-2H3. The fraction of sp³-hybridized carbons (Fsp3) is 0.438. The lowest BCUT2D eigenvalue weighted by atomic mass is 10.2. The summed E-state index contributed by atoms with van der Waals surface area (Å²) in [5.41, 5.74) is 1.25. The van der Waals surface area contributed by atoms with E-state index in [1.807, 2.05) is 18.7 Å². The maximum atomic E-state index is 14.1. The second-order valence-corrected chi connectivity index (χ2v) is 6.48. The molecule has 22 heavy (non-hydrogen) atoms.